The molecule has 2 aromatic carbocycles. The largest absolute Gasteiger partial charge is 0.460 e. The number of likely N-dealkylation sites (tertiary alicyclic amines) is 1. The number of piperidine rings is 1. The summed E-state index contributed by atoms with van der Waals surface area (Å²) in [5.74, 6) is 1.54. The molecule has 1 amide bonds. The van der Waals surface area contributed by atoms with E-state index in [9.17, 15) is 9.18 Å². The van der Waals surface area contributed by atoms with Crippen LogP contribution in [0.1, 0.15) is 34.7 Å². The van der Waals surface area contributed by atoms with Crippen molar-refractivity contribution in [2.45, 2.75) is 26.2 Å². The highest BCUT2D eigenvalue weighted by atomic mass is 19.1. The second-order valence-electron chi connectivity index (χ2n) is 8.64. The molecule has 1 saturated heterocycles. The summed E-state index contributed by atoms with van der Waals surface area (Å²) in [6, 6.07) is 22.0. The highest BCUT2D eigenvalue weighted by Crippen LogP contribution is 2.27. The number of hydrogen-bond acceptors (Lipinski definition) is 3. The van der Waals surface area contributed by atoms with Gasteiger partial charge in [0.1, 0.15) is 23.0 Å². The van der Waals surface area contributed by atoms with E-state index in [2.05, 4.69) is 29.4 Å². The summed E-state index contributed by atoms with van der Waals surface area (Å²) in [7, 11) is 0. The third-order valence-corrected chi connectivity index (χ3v) is 6.26. The lowest BCUT2D eigenvalue weighted by Gasteiger charge is -2.32. The SMILES string of the molecule is Cc1ccc(-c2cc(C(=O)N3CCC(Cc4ccccc4)CC3)n(-c3ccc(F)cc3)n2)o1. The Morgan fingerprint density at radius 1 is 1.03 bits per heavy atom. The van der Waals surface area contributed by atoms with Crippen molar-refractivity contribution in [3.05, 3.63) is 95.6 Å². The quantitative estimate of drug-likeness (QED) is 0.399. The van der Waals surface area contributed by atoms with Crippen LogP contribution >= 0.6 is 0 Å². The van der Waals surface area contributed by atoms with Crippen LogP contribution in [-0.4, -0.2) is 33.7 Å². The van der Waals surface area contributed by atoms with Crippen molar-refractivity contribution in [2.75, 3.05) is 13.1 Å². The van der Waals surface area contributed by atoms with E-state index in [1.54, 1.807) is 22.9 Å². The molecule has 0 atom stereocenters. The molecule has 168 valence electrons. The molecule has 0 N–H and O–H groups in total. The van der Waals surface area contributed by atoms with Crippen LogP contribution in [0.2, 0.25) is 0 Å². The van der Waals surface area contributed by atoms with E-state index in [0.29, 0.717) is 41.8 Å². The molecular weight excluding hydrogens is 417 g/mol. The van der Waals surface area contributed by atoms with Crippen LogP contribution in [0.4, 0.5) is 4.39 Å². The minimum atomic E-state index is -0.332. The maximum atomic E-state index is 13.5. The Morgan fingerprint density at radius 3 is 2.42 bits per heavy atom. The molecular formula is C27H26FN3O2. The third kappa shape index (κ3) is 4.60. The minimum absolute atomic E-state index is 0.0699. The second kappa shape index (κ2) is 9.06. The number of hydrogen-bond donors (Lipinski definition) is 0. The Kier molecular flexibility index (Phi) is 5.82. The monoisotopic (exact) mass is 443 g/mol. The molecule has 0 saturated carbocycles. The van der Waals surface area contributed by atoms with E-state index in [4.69, 9.17) is 4.42 Å². The van der Waals surface area contributed by atoms with Gasteiger partial charge in [0.2, 0.25) is 0 Å². The van der Waals surface area contributed by atoms with Crippen LogP contribution in [0.5, 0.6) is 0 Å². The number of aryl methyl sites for hydroxylation is 1. The number of furan rings is 1. The summed E-state index contributed by atoms with van der Waals surface area (Å²) in [6.07, 6.45) is 2.98. The summed E-state index contributed by atoms with van der Waals surface area (Å²) in [5, 5.41) is 4.63. The van der Waals surface area contributed by atoms with Gasteiger partial charge in [-0.15, -0.1) is 0 Å². The van der Waals surface area contributed by atoms with Crippen LogP contribution in [0, 0.1) is 18.7 Å². The summed E-state index contributed by atoms with van der Waals surface area (Å²) in [4.78, 5) is 15.4. The topological polar surface area (TPSA) is 51.3 Å². The van der Waals surface area contributed by atoms with Gasteiger partial charge in [-0.2, -0.15) is 5.10 Å². The van der Waals surface area contributed by atoms with Gasteiger partial charge in [0.05, 0.1) is 5.69 Å². The molecule has 2 aromatic heterocycles. The van der Waals surface area contributed by atoms with Crippen molar-refractivity contribution in [1.29, 1.82) is 0 Å². The first-order valence-electron chi connectivity index (χ1n) is 11.3. The average Bonchev–Trinajstić information content (AvgIpc) is 3.47. The van der Waals surface area contributed by atoms with E-state index >= 15 is 0 Å². The maximum Gasteiger partial charge on any atom is 0.272 e. The molecule has 0 spiro atoms. The maximum absolute atomic E-state index is 13.5. The van der Waals surface area contributed by atoms with Crippen LogP contribution in [0.3, 0.4) is 0 Å². The number of amides is 1. The fourth-order valence-electron chi connectivity index (χ4n) is 4.45. The molecule has 3 heterocycles. The van der Waals surface area contributed by atoms with Crippen molar-refractivity contribution < 1.29 is 13.6 Å². The molecule has 4 aromatic rings. The van der Waals surface area contributed by atoms with Crippen LogP contribution in [0.25, 0.3) is 17.1 Å². The van der Waals surface area contributed by atoms with Gasteiger partial charge in [0.25, 0.3) is 5.91 Å². The average molecular weight is 444 g/mol. The molecule has 0 bridgehead atoms. The van der Waals surface area contributed by atoms with E-state index in [1.807, 2.05) is 30.0 Å². The van der Waals surface area contributed by atoms with Gasteiger partial charge in [-0.3, -0.25) is 4.79 Å². The molecule has 5 rings (SSSR count). The lowest BCUT2D eigenvalue weighted by molar-refractivity contribution is 0.0681. The fraction of sp³-hybridized carbons (Fsp3) is 0.259. The Labute approximate surface area is 192 Å². The summed E-state index contributed by atoms with van der Waals surface area (Å²) in [5.41, 5.74) is 3.00. The standard InChI is InChI=1S/C27H26FN3O2/c1-19-7-12-26(33-19)24-18-25(31(29-24)23-10-8-22(28)9-11-23)27(32)30-15-13-21(14-16-30)17-20-5-3-2-4-6-20/h2-12,18,21H,13-17H2,1H3. The predicted molar refractivity (Wildman–Crippen MR) is 125 cm³/mol. The van der Waals surface area contributed by atoms with Crippen molar-refractivity contribution in [2.24, 2.45) is 5.92 Å². The van der Waals surface area contributed by atoms with Gasteiger partial charge in [-0.1, -0.05) is 30.3 Å². The number of rotatable bonds is 5. The first-order valence-corrected chi connectivity index (χ1v) is 11.3. The van der Waals surface area contributed by atoms with Gasteiger partial charge in [-0.25, -0.2) is 9.07 Å². The van der Waals surface area contributed by atoms with E-state index in [-0.39, 0.29) is 11.7 Å². The molecule has 6 heteroatoms. The number of carbonyl (C=O) groups is 1. The Bertz CT molecular complexity index is 1240. The normalized spacial score (nSPS) is 14.5. The molecule has 0 radical (unpaired) electrons. The lowest BCUT2D eigenvalue weighted by Crippen LogP contribution is -2.39. The fourth-order valence-corrected chi connectivity index (χ4v) is 4.45. The zero-order chi connectivity index (χ0) is 22.8. The van der Waals surface area contributed by atoms with E-state index in [0.717, 1.165) is 25.0 Å². The Hall–Kier alpha value is -3.67. The molecule has 1 fully saturated rings. The van der Waals surface area contributed by atoms with Crippen molar-refractivity contribution in [1.82, 2.24) is 14.7 Å². The van der Waals surface area contributed by atoms with Gasteiger partial charge in [-0.05, 0) is 74.1 Å². The predicted octanol–water partition coefficient (Wildman–Crippen LogP) is 5.67. The van der Waals surface area contributed by atoms with Gasteiger partial charge in [0.15, 0.2) is 5.76 Å². The molecule has 5 nitrogen and oxygen atoms in total. The van der Waals surface area contributed by atoms with Gasteiger partial charge < -0.3 is 9.32 Å². The summed E-state index contributed by atoms with van der Waals surface area (Å²) < 4.78 is 20.8. The van der Waals surface area contributed by atoms with Gasteiger partial charge in [0, 0.05) is 19.2 Å². The second-order valence-corrected chi connectivity index (χ2v) is 8.64. The first kappa shape index (κ1) is 21.2. The molecule has 33 heavy (non-hydrogen) atoms. The number of aromatic nitrogens is 2. The minimum Gasteiger partial charge on any atom is -0.460 e. The highest BCUT2D eigenvalue weighted by molar-refractivity contribution is 5.94. The number of benzene rings is 2. The Morgan fingerprint density at radius 2 is 1.76 bits per heavy atom. The smallest absolute Gasteiger partial charge is 0.272 e. The first-order chi connectivity index (χ1) is 16.1. The number of halogens is 1. The summed E-state index contributed by atoms with van der Waals surface area (Å²) in [6.45, 7) is 3.28. The molecule has 0 unspecified atom stereocenters. The van der Waals surface area contributed by atoms with Crippen LogP contribution in [0.15, 0.2) is 77.2 Å². The summed E-state index contributed by atoms with van der Waals surface area (Å²) >= 11 is 0. The Balaban J connectivity index is 1.38. The van der Waals surface area contributed by atoms with E-state index < -0.39 is 0 Å². The molecule has 1 aliphatic heterocycles. The zero-order valence-electron chi connectivity index (χ0n) is 18.6. The molecule has 1 aliphatic rings. The van der Waals surface area contributed by atoms with E-state index in [1.165, 1.54) is 17.7 Å². The van der Waals surface area contributed by atoms with Crippen molar-refractivity contribution in [3.63, 3.8) is 0 Å². The van der Waals surface area contributed by atoms with Crippen molar-refractivity contribution >= 4 is 5.91 Å². The number of nitrogens with zero attached hydrogens (tertiary/aromatic N) is 3. The molecule has 0 aliphatic carbocycles. The zero-order valence-corrected chi connectivity index (χ0v) is 18.6. The van der Waals surface area contributed by atoms with Crippen LogP contribution < -0.4 is 0 Å². The van der Waals surface area contributed by atoms with Crippen LogP contribution in [-0.2, 0) is 6.42 Å². The lowest BCUT2D eigenvalue weighted by atomic mass is 9.90. The highest BCUT2D eigenvalue weighted by Gasteiger charge is 2.27. The van der Waals surface area contributed by atoms with Gasteiger partial charge >= 0.3 is 0 Å². The third-order valence-electron chi connectivity index (χ3n) is 6.26. The van der Waals surface area contributed by atoms with Crippen molar-refractivity contribution in [3.8, 4) is 17.1 Å². The number of carbonyl (C=O) groups excluding carboxylic acids is 1.